The van der Waals surface area contributed by atoms with E-state index in [2.05, 4.69) is 46.5 Å². The molecule has 18 heteroatoms. The van der Waals surface area contributed by atoms with E-state index in [4.69, 9.17) is 5.73 Å². The van der Waals surface area contributed by atoms with Crippen molar-refractivity contribution in [3.05, 3.63) is 71.3 Å². The number of nitrogens with one attached hydrogen (secondary N) is 7. The summed E-state index contributed by atoms with van der Waals surface area (Å²) < 4.78 is 0. The zero-order valence-corrected chi connectivity index (χ0v) is 33.6. The van der Waals surface area contributed by atoms with Crippen molar-refractivity contribution in [1.82, 2.24) is 46.5 Å². The molecule has 0 bridgehead atoms. The molecule has 3 aromatic rings. The monoisotopic (exact) mass is 800 g/mol. The minimum absolute atomic E-state index is 0. The highest BCUT2D eigenvalue weighted by Gasteiger charge is 2.29. The van der Waals surface area contributed by atoms with E-state index in [9.17, 15) is 33.9 Å². The molecule has 3 rings (SSSR count). The molecule has 0 aliphatic rings. The molecule has 56 heavy (non-hydrogen) atoms. The highest BCUT2D eigenvalue weighted by atomic mass is 35.5. The Morgan fingerprint density at radius 1 is 0.679 bits per heavy atom. The van der Waals surface area contributed by atoms with E-state index in [-0.39, 0.29) is 90.8 Å². The van der Waals surface area contributed by atoms with Crippen molar-refractivity contribution in [1.29, 1.82) is 0 Å². The van der Waals surface area contributed by atoms with Crippen LogP contribution in [0.4, 0.5) is 0 Å². The van der Waals surface area contributed by atoms with Crippen LogP contribution in [0.3, 0.4) is 0 Å². The number of aromatic nitrogens is 4. The zero-order chi connectivity index (χ0) is 40.7. The number of aromatic amines is 2. The molecule has 4 amide bonds. The lowest BCUT2D eigenvalue weighted by Crippen LogP contribution is -2.49. The first kappa shape index (κ1) is 47.0. The van der Waals surface area contributed by atoms with Crippen LogP contribution in [0.5, 0.6) is 0 Å². The Hall–Kier alpha value is -5.13. The minimum atomic E-state index is -1.25. The van der Waals surface area contributed by atoms with E-state index < -0.39 is 47.7 Å². The maximum atomic E-state index is 13.5. The van der Waals surface area contributed by atoms with Gasteiger partial charge < -0.3 is 47.4 Å². The van der Waals surface area contributed by atoms with Crippen molar-refractivity contribution in [2.45, 2.75) is 91.4 Å². The highest BCUT2D eigenvalue weighted by molar-refractivity contribution is 6.06. The summed E-state index contributed by atoms with van der Waals surface area (Å²) in [6.07, 6.45) is 3.95. The number of hydrogen-bond donors (Lipinski definition) is 9. The first-order valence-electron chi connectivity index (χ1n) is 18.6. The molecule has 0 aliphatic heterocycles. The van der Waals surface area contributed by atoms with Gasteiger partial charge in [-0.1, -0.05) is 71.9 Å². The molecule has 2 heterocycles. The maximum absolute atomic E-state index is 13.5. The molecule has 0 spiro atoms. The zero-order valence-electron chi connectivity index (χ0n) is 32.8. The average molecular weight is 801 g/mol. The van der Waals surface area contributed by atoms with E-state index in [1.165, 1.54) is 12.7 Å². The van der Waals surface area contributed by atoms with Crippen LogP contribution in [0, 0.1) is 17.8 Å². The summed E-state index contributed by atoms with van der Waals surface area (Å²) in [6.45, 7) is 12.0. The second kappa shape index (κ2) is 23.1. The molecular weight excluding hydrogens is 744 g/mol. The number of halogens is 1. The summed E-state index contributed by atoms with van der Waals surface area (Å²) in [5.74, 6) is -3.75. The van der Waals surface area contributed by atoms with Gasteiger partial charge in [-0.05, 0) is 42.6 Å². The molecule has 0 fully saturated rings. The molecule has 0 radical (unpaired) electrons. The number of carboxylic acid groups (broad SMARTS) is 1. The molecule has 0 unspecified atom stereocenters. The number of imidazole rings is 2. The molecule has 1 aromatic carbocycles. The number of nitrogens with two attached hydrogens (primary N) is 1. The summed E-state index contributed by atoms with van der Waals surface area (Å²) in [7, 11) is 0. The first-order valence-corrected chi connectivity index (χ1v) is 18.6. The van der Waals surface area contributed by atoms with Crippen LogP contribution in [0.2, 0.25) is 0 Å². The summed E-state index contributed by atoms with van der Waals surface area (Å²) >= 11 is 0. The number of H-pyrrole nitrogens is 2. The van der Waals surface area contributed by atoms with Crippen molar-refractivity contribution in [2.24, 2.45) is 23.5 Å². The number of Topliss-reactive ketones (excluding diaryl/α,β-unsaturated/α-hetero) is 1. The Kier molecular flexibility index (Phi) is 19.4. The topological polar surface area (TPSA) is 266 Å². The summed E-state index contributed by atoms with van der Waals surface area (Å²) in [5, 5.41) is 23.8. The Morgan fingerprint density at radius 2 is 1.16 bits per heavy atom. The Balaban J connectivity index is 0.0000108. The number of aliphatic carboxylic acids is 1. The van der Waals surface area contributed by atoms with Gasteiger partial charge in [0.15, 0.2) is 17.2 Å². The van der Waals surface area contributed by atoms with Crippen molar-refractivity contribution in [3.8, 4) is 0 Å². The summed E-state index contributed by atoms with van der Waals surface area (Å²) in [5.41, 5.74) is 5.96. The number of benzene rings is 1. The smallest absolute Gasteiger partial charge is 0.326 e. The normalized spacial score (nSPS) is 13.3. The third-order valence-electron chi connectivity index (χ3n) is 8.61. The van der Waals surface area contributed by atoms with Crippen molar-refractivity contribution in [3.63, 3.8) is 0 Å². The minimum Gasteiger partial charge on any atom is -0.480 e. The molecule has 4 atom stereocenters. The lowest BCUT2D eigenvalue weighted by atomic mass is 9.99. The Bertz CT molecular complexity index is 1740. The van der Waals surface area contributed by atoms with Crippen LogP contribution >= 0.6 is 12.4 Å². The van der Waals surface area contributed by atoms with Gasteiger partial charge in [0.05, 0.1) is 25.2 Å². The third kappa shape index (κ3) is 14.8. The van der Waals surface area contributed by atoms with Crippen LogP contribution in [-0.4, -0.2) is 104 Å². The van der Waals surface area contributed by atoms with Crippen LogP contribution in [0.25, 0.3) is 0 Å². The third-order valence-corrected chi connectivity index (χ3v) is 8.61. The molecule has 0 aliphatic carbocycles. The van der Waals surface area contributed by atoms with Gasteiger partial charge in [-0.3, -0.25) is 24.0 Å². The Morgan fingerprint density at radius 3 is 1.64 bits per heavy atom. The first-order chi connectivity index (χ1) is 26.1. The van der Waals surface area contributed by atoms with Gasteiger partial charge in [0, 0.05) is 31.6 Å². The molecule has 2 aromatic heterocycles. The molecule has 0 saturated heterocycles. The van der Waals surface area contributed by atoms with E-state index in [0.717, 1.165) is 0 Å². The number of rotatable bonds is 23. The van der Waals surface area contributed by atoms with E-state index in [1.807, 2.05) is 41.5 Å². The molecule has 0 saturated carbocycles. The van der Waals surface area contributed by atoms with Crippen molar-refractivity contribution in [2.75, 3.05) is 19.6 Å². The van der Waals surface area contributed by atoms with Crippen molar-refractivity contribution < 1.29 is 33.9 Å². The number of amides is 4. The second-order valence-electron chi connectivity index (χ2n) is 14.9. The lowest BCUT2D eigenvalue weighted by molar-refractivity contribution is -0.139. The van der Waals surface area contributed by atoms with E-state index in [0.29, 0.717) is 24.8 Å². The predicted octanol–water partition coefficient (Wildman–Crippen LogP) is 2.23. The fourth-order valence-corrected chi connectivity index (χ4v) is 6.08. The molecule has 17 nitrogen and oxygen atoms in total. The summed E-state index contributed by atoms with van der Waals surface area (Å²) in [4.78, 5) is 91.8. The molecule has 308 valence electrons. The number of carboxylic acids is 1. The largest absolute Gasteiger partial charge is 0.480 e. The van der Waals surface area contributed by atoms with Crippen LogP contribution < -0.4 is 32.3 Å². The maximum Gasteiger partial charge on any atom is 0.326 e. The number of hydrogen-bond acceptors (Lipinski definition) is 10. The fourth-order valence-electron chi connectivity index (χ4n) is 6.08. The molecular formula is C38H57ClN10O7. The van der Waals surface area contributed by atoms with Gasteiger partial charge in [-0.25, -0.2) is 14.8 Å². The fraction of sp³-hybridized carbons (Fsp3) is 0.526. The van der Waals surface area contributed by atoms with Gasteiger partial charge in [0.2, 0.25) is 0 Å². The van der Waals surface area contributed by atoms with Crippen molar-refractivity contribution >= 4 is 47.8 Å². The molecule has 10 N–H and O–H groups in total. The standard InChI is InChI=1S/C38H56N10O7.ClH/c1-21(2)12-25(16-39)45-34(50)30-32(43-19-41-30)36(52)47-27(14-23(5)6)29(49)18-40-17-26(13-22(3)4)46-35(51)31-33(44-20-42-31)37(53)48-28(38(54)55)15-24-10-8-7-9-11-24;/h7-11,19-23,25-28,40H,12-18,39H2,1-6H3,(H,41,43)(H,42,44)(H,45,50)(H,46,51)(H,47,52)(H,48,53)(H,54,55);1H/t25-,26-,27-,28-;/m0./s1. The average Bonchev–Trinajstić information content (AvgIpc) is 3.82. The second-order valence-corrected chi connectivity index (χ2v) is 14.9. The van der Waals surface area contributed by atoms with Gasteiger partial charge in [-0.2, -0.15) is 0 Å². The highest BCUT2D eigenvalue weighted by Crippen LogP contribution is 2.12. The van der Waals surface area contributed by atoms with Gasteiger partial charge in [-0.15, -0.1) is 12.4 Å². The number of carbonyl (C=O) groups is 6. The van der Waals surface area contributed by atoms with Gasteiger partial charge in [0.25, 0.3) is 23.6 Å². The predicted molar refractivity (Wildman–Crippen MR) is 213 cm³/mol. The quantitative estimate of drug-likeness (QED) is 0.0671. The van der Waals surface area contributed by atoms with Gasteiger partial charge in [0.1, 0.15) is 17.4 Å². The summed E-state index contributed by atoms with van der Waals surface area (Å²) in [6, 6.07) is 5.90. The number of ketones is 1. The number of carbonyl (C=O) groups excluding carboxylic acids is 5. The van der Waals surface area contributed by atoms with Crippen LogP contribution in [-0.2, 0) is 16.0 Å². The van der Waals surface area contributed by atoms with Crippen LogP contribution in [0.1, 0.15) is 108 Å². The van der Waals surface area contributed by atoms with E-state index in [1.54, 1.807) is 30.3 Å². The van der Waals surface area contributed by atoms with Gasteiger partial charge >= 0.3 is 5.97 Å². The SMILES string of the molecule is CC(C)C[C@@H](CNCC(=O)[C@H](CC(C)C)NC(=O)c1[nH]cnc1C(=O)N[C@H](CN)CC(C)C)NC(=O)c1nc[nH]c1C(=O)N[C@@H](Cc1ccccc1)C(=O)O.Cl. The van der Waals surface area contributed by atoms with E-state index >= 15 is 0 Å². The number of nitrogens with zero attached hydrogens (tertiary/aromatic N) is 2. The Labute approximate surface area is 333 Å². The van der Waals surface area contributed by atoms with Crippen LogP contribution in [0.15, 0.2) is 43.0 Å². The lowest BCUT2D eigenvalue weighted by Gasteiger charge is -2.23.